The van der Waals surface area contributed by atoms with Gasteiger partial charge < -0.3 is 19.5 Å². The van der Waals surface area contributed by atoms with E-state index in [2.05, 4.69) is 5.32 Å². The zero-order chi connectivity index (χ0) is 24.6. The quantitative estimate of drug-likeness (QED) is 0.400. The first kappa shape index (κ1) is 25.2. The number of hydrogen-bond donors (Lipinski definition) is 1. The summed E-state index contributed by atoms with van der Waals surface area (Å²) in [6.45, 7) is -0.0965. The normalized spacial score (nSPS) is 10.9. The summed E-state index contributed by atoms with van der Waals surface area (Å²) in [5, 5.41) is 3.03. The summed E-state index contributed by atoms with van der Waals surface area (Å²) in [5.74, 6) is 1.13. The minimum Gasteiger partial charge on any atom is -0.497 e. The Kier molecular flexibility index (Phi) is 8.61. The third-order valence-corrected chi connectivity index (χ3v) is 6.80. The van der Waals surface area contributed by atoms with Crippen LogP contribution in [0.3, 0.4) is 0 Å². The van der Waals surface area contributed by atoms with E-state index in [-0.39, 0.29) is 23.7 Å². The standard InChI is InChI=1S/C24H25ClN2O6S/c1-31-20-10-12-21(13-11-20)34(29,30)27(19-7-5-6-18(25)16-19)17-24(28)26-14-15-33-23-9-4-3-8-22(23)32-2/h3-13,16H,14-15,17H2,1-2H3,(H,26,28). The largest absolute Gasteiger partial charge is 0.497 e. The molecular formula is C24H25ClN2O6S. The van der Waals surface area contributed by atoms with Gasteiger partial charge in [0, 0.05) is 5.02 Å². The number of anilines is 1. The molecule has 10 heteroatoms. The van der Waals surface area contributed by atoms with E-state index < -0.39 is 22.5 Å². The molecule has 0 aliphatic carbocycles. The van der Waals surface area contributed by atoms with Crippen LogP contribution in [-0.2, 0) is 14.8 Å². The first-order valence-corrected chi connectivity index (χ1v) is 12.1. The maximum absolute atomic E-state index is 13.4. The lowest BCUT2D eigenvalue weighted by Crippen LogP contribution is -2.41. The maximum atomic E-state index is 13.4. The van der Waals surface area contributed by atoms with Crippen molar-refractivity contribution in [3.63, 3.8) is 0 Å². The van der Waals surface area contributed by atoms with Gasteiger partial charge >= 0.3 is 0 Å². The number of methoxy groups -OCH3 is 2. The molecule has 0 aliphatic rings. The van der Waals surface area contributed by atoms with Gasteiger partial charge in [-0.15, -0.1) is 0 Å². The molecule has 0 saturated heterocycles. The fraction of sp³-hybridized carbons (Fsp3) is 0.208. The number of para-hydroxylation sites is 2. The van der Waals surface area contributed by atoms with Gasteiger partial charge in [0.15, 0.2) is 11.5 Å². The molecule has 0 bridgehead atoms. The van der Waals surface area contributed by atoms with Gasteiger partial charge in [-0.25, -0.2) is 8.42 Å². The zero-order valence-electron chi connectivity index (χ0n) is 18.7. The van der Waals surface area contributed by atoms with Crippen LogP contribution >= 0.6 is 11.6 Å². The second kappa shape index (κ2) is 11.6. The Morgan fingerprint density at radius 3 is 2.29 bits per heavy atom. The highest BCUT2D eigenvalue weighted by molar-refractivity contribution is 7.92. The molecule has 3 aromatic carbocycles. The lowest BCUT2D eigenvalue weighted by Gasteiger charge is -2.24. The van der Waals surface area contributed by atoms with Crippen LogP contribution in [0.5, 0.6) is 17.2 Å². The van der Waals surface area contributed by atoms with Gasteiger partial charge in [-0.05, 0) is 54.6 Å². The van der Waals surface area contributed by atoms with Crippen LogP contribution in [0.2, 0.25) is 5.02 Å². The topological polar surface area (TPSA) is 94.2 Å². The number of nitrogens with one attached hydrogen (secondary N) is 1. The summed E-state index contributed by atoms with van der Waals surface area (Å²) in [6.07, 6.45) is 0. The molecule has 3 rings (SSSR count). The van der Waals surface area contributed by atoms with Crippen LogP contribution in [0, 0.1) is 0 Å². The number of hydrogen-bond acceptors (Lipinski definition) is 6. The minimum absolute atomic E-state index is 0.0144. The monoisotopic (exact) mass is 504 g/mol. The van der Waals surface area contributed by atoms with Crippen LogP contribution in [0.4, 0.5) is 5.69 Å². The van der Waals surface area contributed by atoms with Gasteiger partial charge in [0.1, 0.15) is 18.9 Å². The molecule has 0 radical (unpaired) electrons. The van der Waals surface area contributed by atoms with Gasteiger partial charge in [-0.2, -0.15) is 0 Å². The number of rotatable bonds is 11. The van der Waals surface area contributed by atoms with Crippen LogP contribution in [0.15, 0.2) is 77.7 Å². The Balaban J connectivity index is 1.72. The second-order valence-corrected chi connectivity index (χ2v) is 9.32. The number of halogens is 1. The van der Waals surface area contributed by atoms with Gasteiger partial charge in [-0.1, -0.05) is 29.8 Å². The number of benzene rings is 3. The van der Waals surface area contributed by atoms with Gasteiger partial charge in [0.2, 0.25) is 5.91 Å². The summed E-state index contributed by atoms with van der Waals surface area (Å²) < 4.78 is 43.8. The first-order valence-electron chi connectivity index (χ1n) is 10.3. The third-order valence-electron chi connectivity index (χ3n) is 4.78. The van der Waals surface area contributed by atoms with E-state index in [1.807, 2.05) is 12.1 Å². The predicted octanol–water partition coefficient (Wildman–Crippen LogP) is 3.75. The average molecular weight is 505 g/mol. The van der Waals surface area contributed by atoms with Crippen LogP contribution in [0.1, 0.15) is 0 Å². The highest BCUT2D eigenvalue weighted by atomic mass is 35.5. The second-order valence-electron chi connectivity index (χ2n) is 7.02. The van der Waals surface area contributed by atoms with Gasteiger partial charge in [-0.3, -0.25) is 9.10 Å². The van der Waals surface area contributed by atoms with E-state index >= 15 is 0 Å². The van der Waals surface area contributed by atoms with Crippen LogP contribution < -0.4 is 23.8 Å². The molecule has 0 saturated carbocycles. The molecule has 180 valence electrons. The summed E-state index contributed by atoms with van der Waals surface area (Å²) in [4.78, 5) is 12.7. The van der Waals surface area contributed by atoms with E-state index in [0.717, 1.165) is 4.31 Å². The lowest BCUT2D eigenvalue weighted by atomic mass is 10.3. The number of nitrogens with zero attached hydrogens (tertiary/aromatic N) is 1. The Morgan fingerprint density at radius 1 is 0.941 bits per heavy atom. The molecule has 0 aliphatic heterocycles. The summed E-state index contributed by atoms with van der Waals surface area (Å²) in [5.41, 5.74) is 0.267. The Bertz CT molecular complexity index is 1220. The molecule has 0 heterocycles. The van der Waals surface area contributed by atoms with Crippen molar-refractivity contribution in [1.29, 1.82) is 0 Å². The number of amides is 1. The smallest absolute Gasteiger partial charge is 0.264 e. The first-order chi connectivity index (χ1) is 16.3. The molecule has 3 aromatic rings. The fourth-order valence-corrected chi connectivity index (χ4v) is 4.69. The van der Waals surface area contributed by atoms with Crippen molar-refractivity contribution in [2.45, 2.75) is 4.90 Å². The van der Waals surface area contributed by atoms with Crippen molar-refractivity contribution in [2.24, 2.45) is 0 Å². The molecule has 8 nitrogen and oxygen atoms in total. The van der Waals surface area contributed by atoms with Crippen molar-refractivity contribution >= 4 is 33.2 Å². The van der Waals surface area contributed by atoms with E-state index in [4.69, 9.17) is 25.8 Å². The number of ether oxygens (including phenoxy) is 3. The van der Waals surface area contributed by atoms with Crippen molar-refractivity contribution < 1.29 is 27.4 Å². The van der Waals surface area contributed by atoms with E-state index in [0.29, 0.717) is 22.3 Å². The third kappa shape index (κ3) is 6.33. The maximum Gasteiger partial charge on any atom is 0.264 e. The highest BCUT2D eigenvalue weighted by Gasteiger charge is 2.27. The molecule has 0 fully saturated rings. The highest BCUT2D eigenvalue weighted by Crippen LogP contribution is 2.27. The number of sulfonamides is 1. The average Bonchev–Trinajstić information content (AvgIpc) is 2.85. The Labute approximate surface area is 204 Å². The zero-order valence-corrected chi connectivity index (χ0v) is 20.3. The summed E-state index contributed by atoms with van der Waals surface area (Å²) in [6, 6.07) is 19.4. The number of carbonyl (C=O) groups is 1. The van der Waals surface area contributed by atoms with Crippen LogP contribution in [-0.4, -0.2) is 48.2 Å². The SMILES string of the molecule is COc1ccc(S(=O)(=O)N(CC(=O)NCCOc2ccccc2OC)c2cccc(Cl)c2)cc1. The lowest BCUT2D eigenvalue weighted by molar-refractivity contribution is -0.119. The Morgan fingerprint density at radius 2 is 1.65 bits per heavy atom. The predicted molar refractivity (Wildman–Crippen MR) is 130 cm³/mol. The molecular weight excluding hydrogens is 480 g/mol. The van der Waals surface area contributed by atoms with Gasteiger partial charge in [0.25, 0.3) is 10.0 Å². The van der Waals surface area contributed by atoms with Crippen molar-refractivity contribution in [1.82, 2.24) is 5.32 Å². The van der Waals surface area contributed by atoms with Crippen LogP contribution in [0.25, 0.3) is 0 Å². The molecule has 1 N–H and O–H groups in total. The molecule has 0 aromatic heterocycles. The van der Waals surface area contributed by atoms with Crippen molar-refractivity contribution in [3.8, 4) is 17.2 Å². The summed E-state index contributed by atoms with van der Waals surface area (Å²) in [7, 11) is -1.03. The fourth-order valence-electron chi connectivity index (χ4n) is 3.10. The molecule has 1 amide bonds. The minimum atomic E-state index is -4.06. The van der Waals surface area contributed by atoms with Crippen molar-refractivity contribution in [3.05, 3.63) is 77.8 Å². The molecule has 0 spiro atoms. The van der Waals surface area contributed by atoms with E-state index in [9.17, 15) is 13.2 Å². The molecule has 0 atom stereocenters. The molecule has 34 heavy (non-hydrogen) atoms. The molecule has 0 unspecified atom stereocenters. The number of carbonyl (C=O) groups excluding carboxylic acids is 1. The Hall–Kier alpha value is -3.43. The summed E-state index contributed by atoms with van der Waals surface area (Å²) >= 11 is 6.08. The van der Waals surface area contributed by atoms with E-state index in [1.54, 1.807) is 30.3 Å². The van der Waals surface area contributed by atoms with Crippen molar-refractivity contribution in [2.75, 3.05) is 38.2 Å². The van der Waals surface area contributed by atoms with Gasteiger partial charge in [0.05, 0.1) is 31.3 Å². The van der Waals surface area contributed by atoms with E-state index in [1.165, 1.54) is 44.6 Å².